The summed E-state index contributed by atoms with van der Waals surface area (Å²) < 4.78 is 5.27. The molecule has 3 rings (SSSR count). The summed E-state index contributed by atoms with van der Waals surface area (Å²) in [7, 11) is 0. The first-order valence-electron chi connectivity index (χ1n) is 8.66. The minimum Gasteiger partial charge on any atom is -0.360 e. The lowest BCUT2D eigenvalue weighted by Gasteiger charge is -2.34. The molecule has 1 aromatic carbocycles. The Kier molecular flexibility index (Phi) is 6.15. The third-order valence-corrected chi connectivity index (χ3v) is 5.38. The van der Waals surface area contributed by atoms with Gasteiger partial charge in [-0.05, 0) is 19.4 Å². The maximum atomic E-state index is 12.4. The van der Waals surface area contributed by atoms with Crippen LogP contribution in [0.25, 0.3) is 0 Å². The highest BCUT2D eigenvalue weighted by Crippen LogP contribution is 2.15. The van der Waals surface area contributed by atoms with Crippen LogP contribution in [0.1, 0.15) is 22.6 Å². The fraction of sp³-hybridized carbons (Fsp3) is 0.474. The van der Waals surface area contributed by atoms with Gasteiger partial charge in [-0.3, -0.25) is 9.69 Å². The maximum absolute atomic E-state index is 12.4. The molecule has 2 aromatic rings. The first-order chi connectivity index (χ1) is 12.1. The van der Waals surface area contributed by atoms with Crippen LogP contribution in [0.15, 0.2) is 34.9 Å². The topological polar surface area (TPSA) is 49.6 Å². The van der Waals surface area contributed by atoms with E-state index in [1.165, 1.54) is 11.1 Å². The average Bonchev–Trinajstić information content (AvgIpc) is 3.02. The van der Waals surface area contributed by atoms with Gasteiger partial charge in [-0.1, -0.05) is 35.0 Å². The van der Waals surface area contributed by atoms with E-state index in [9.17, 15) is 4.79 Å². The Bertz CT molecular complexity index is 691. The second-order valence-electron chi connectivity index (χ2n) is 6.57. The van der Waals surface area contributed by atoms with Crippen molar-refractivity contribution in [3.63, 3.8) is 0 Å². The summed E-state index contributed by atoms with van der Waals surface area (Å²) in [6.45, 7) is 8.13. The molecule has 6 heteroatoms. The van der Waals surface area contributed by atoms with E-state index in [2.05, 4.69) is 41.2 Å². The normalized spacial score (nSPS) is 15.5. The molecule has 1 fully saturated rings. The molecule has 0 N–H and O–H groups in total. The van der Waals surface area contributed by atoms with Crippen LogP contribution >= 0.6 is 11.8 Å². The van der Waals surface area contributed by atoms with Crippen LogP contribution in [0.5, 0.6) is 0 Å². The van der Waals surface area contributed by atoms with E-state index in [1.807, 2.05) is 17.9 Å². The number of nitrogens with zero attached hydrogens (tertiary/aromatic N) is 3. The predicted molar refractivity (Wildman–Crippen MR) is 100 cm³/mol. The fourth-order valence-electron chi connectivity index (χ4n) is 2.90. The van der Waals surface area contributed by atoms with Crippen molar-refractivity contribution in [2.45, 2.75) is 26.1 Å². The minimum atomic E-state index is 0.243. The lowest BCUT2D eigenvalue weighted by Crippen LogP contribution is -2.48. The zero-order valence-electron chi connectivity index (χ0n) is 14.9. The van der Waals surface area contributed by atoms with Gasteiger partial charge in [0.25, 0.3) is 0 Å². The highest BCUT2D eigenvalue weighted by atomic mass is 32.2. The molecule has 1 aromatic heterocycles. The number of carbonyl (C=O) groups excluding carboxylic acids is 1. The average molecular weight is 359 g/mol. The van der Waals surface area contributed by atoms with Crippen LogP contribution in [0.2, 0.25) is 0 Å². The molecule has 1 aliphatic heterocycles. The van der Waals surface area contributed by atoms with Gasteiger partial charge in [0.1, 0.15) is 0 Å². The minimum absolute atomic E-state index is 0.243. The molecular weight excluding hydrogens is 334 g/mol. The molecule has 0 aliphatic carbocycles. The summed E-state index contributed by atoms with van der Waals surface area (Å²) in [5.74, 6) is 2.57. The molecule has 0 saturated carbocycles. The van der Waals surface area contributed by atoms with Crippen LogP contribution in [-0.4, -0.2) is 52.8 Å². The number of aryl methyl sites for hydroxylation is 2. The van der Waals surface area contributed by atoms with Gasteiger partial charge in [-0.15, -0.1) is 11.8 Å². The molecular formula is C19H25N3O2S. The summed E-state index contributed by atoms with van der Waals surface area (Å²) in [4.78, 5) is 16.7. The van der Waals surface area contributed by atoms with Gasteiger partial charge >= 0.3 is 0 Å². The summed E-state index contributed by atoms with van der Waals surface area (Å²) in [6.07, 6.45) is 0. The smallest absolute Gasteiger partial charge is 0.232 e. The number of benzene rings is 1. The first kappa shape index (κ1) is 18.0. The molecule has 0 spiro atoms. The van der Waals surface area contributed by atoms with E-state index in [-0.39, 0.29) is 5.91 Å². The monoisotopic (exact) mass is 359 g/mol. The van der Waals surface area contributed by atoms with E-state index in [1.54, 1.807) is 11.8 Å². The Morgan fingerprint density at radius 3 is 2.52 bits per heavy atom. The summed E-state index contributed by atoms with van der Waals surface area (Å²) in [5, 5.41) is 3.92. The standard InChI is InChI=1S/C19H25N3O2S/c1-15-3-5-17(6-4-15)13-25-14-19(23)22-9-7-21(8-10-22)12-18-11-16(2)20-24-18/h3-6,11H,7-10,12-14H2,1-2H3. The van der Waals surface area contributed by atoms with E-state index in [0.29, 0.717) is 5.75 Å². The molecule has 1 aliphatic rings. The highest BCUT2D eigenvalue weighted by Gasteiger charge is 2.21. The summed E-state index contributed by atoms with van der Waals surface area (Å²) >= 11 is 1.69. The van der Waals surface area contributed by atoms with E-state index >= 15 is 0 Å². The van der Waals surface area contributed by atoms with Crippen molar-refractivity contribution in [1.82, 2.24) is 15.0 Å². The Labute approximate surface area is 153 Å². The molecule has 2 heterocycles. The summed E-state index contributed by atoms with van der Waals surface area (Å²) in [5.41, 5.74) is 3.45. The lowest BCUT2D eigenvalue weighted by molar-refractivity contribution is -0.130. The molecule has 0 bridgehead atoms. The number of carbonyl (C=O) groups is 1. The number of thioether (sulfide) groups is 1. The Balaban J connectivity index is 1.37. The van der Waals surface area contributed by atoms with Crippen molar-refractivity contribution in [1.29, 1.82) is 0 Å². The third-order valence-electron chi connectivity index (χ3n) is 4.40. The van der Waals surface area contributed by atoms with Gasteiger partial charge in [0, 0.05) is 38.0 Å². The molecule has 1 saturated heterocycles. The van der Waals surface area contributed by atoms with Crippen LogP contribution in [-0.2, 0) is 17.1 Å². The van der Waals surface area contributed by atoms with Gasteiger partial charge in [0.05, 0.1) is 18.0 Å². The highest BCUT2D eigenvalue weighted by molar-refractivity contribution is 7.99. The van der Waals surface area contributed by atoms with E-state index < -0.39 is 0 Å². The van der Waals surface area contributed by atoms with Gasteiger partial charge in [0.2, 0.25) is 5.91 Å². The number of piperazine rings is 1. The maximum Gasteiger partial charge on any atom is 0.232 e. The molecule has 1 amide bonds. The van der Waals surface area contributed by atoms with Gasteiger partial charge < -0.3 is 9.42 Å². The van der Waals surface area contributed by atoms with Gasteiger partial charge in [-0.25, -0.2) is 0 Å². The van der Waals surface area contributed by atoms with Crippen molar-refractivity contribution >= 4 is 17.7 Å². The van der Waals surface area contributed by atoms with Crippen molar-refractivity contribution in [3.8, 4) is 0 Å². The zero-order chi connectivity index (χ0) is 17.6. The number of aromatic nitrogens is 1. The van der Waals surface area contributed by atoms with Crippen LogP contribution < -0.4 is 0 Å². The Morgan fingerprint density at radius 2 is 1.88 bits per heavy atom. The van der Waals surface area contributed by atoms with Gasteiger partial charge in [-0.2, -0.15) is 0 Å². The number of hydrogen-bond donors (Lipinski definition) is 0. The van der Waals surface area contributed by atoms with E-state index in [0.717, 1.165) is 49.9 Å². The second-order valence-corrected chi connectivity index (χ2v) is 7.56. The second kappa shape index (κ2) is 8.54. The van der Waals surface area contributed by atoms with E-state index in [4.69, 9.17) is 4.52 Å². The molecule has 0 radical (unpaired) electrons. The number of hydrogen-bond acceptors (Lipinski definition) is 5. The molecule has 0 unspecified atom stereocenters. The quantitative estimate of drug-likeness (QED) is 0.794. The Morgan fingerprint density at radius 1 is 1.16 bits per heavy atom. The van der Waals surface area contributed by atoms with Crippen LogP contribution in [0.4, 0.5) is 0 Å². The van der Waals surface area contributed by atoms with Crippen molar-refractivity contribution in [3.05, 3.63) is 52.9 Å². The molecule has 0 atom stereocenters. The first-order valence-corrected chi connectivity index (χ1v) is 9.81. The third kappa shape index (κ3) is 5.34. The largest absolute Gasteiger partial charge is 0.360 e. The lowest BCUT2D eigenvalue weighted by atomic mass is 10.2. The van der Waals surface area contributed by atoms with Crippen molar-refractivity contribution < 1.29 is 9.32 Å². The van der Waals surface area contributed by atoms with Crippen molar-refractivity contribution in [2.24, 2.45) is 0 Å². The van der Waals surface area contributed by atoms with Crippen molar-refractivity contribution in [2.75, 3.05) is 31.9 Å². The summed E-state index contributed by atoms with van der Waals surface area (Å²) in [6, 6.07) is 10.5. The number of amides is 1. The number of rotatable bonds is 6. The SMILES string of the molecule is Cc1ccc(CSCC(=O)N2CCN(Cc3cc(C)no3)CC2)cc1. The zero-order valence-corrected chi connectivity index (χ0v) is 15.7. The van der Waals surface area contributed by atoms with Crippen LogP contribution in [0, 0.1) is 13.8 Å². The van der Waals surface area contributed by atoms with Gasteiger partial charge in [0.15, 0.2) is 5.76 Å². The predicted octanol–water partition coefficient (Wildman–Crippen LogP) is 2.87. The Hall–Kier alpha value is -1.79. The molecule has 134 valence electrons. The molecule has 25 heavy (non-hydrogen) atoms. The van der Waals surface area contributed by atoms with Crippen LogP contribution in [0.3, 0.4) is 0 Å². The molecule has 5 nitrogen and oxygen atoms in total. The fourth-order valence-corrected chi connectivity index (χ4v) is 3.79.